The Hall–Kier alpha value is -2.16. The number of rotatable bonds is 5. The van der Waals surface area contributed by atoms with E-state index < -0.39 is 21.6 Å². The van der Waals surface area contributed by atoms with Crippen molar-refractivity contribution in [3.63, 3.8) is 0 Å². The number of halogens is 2. The molecule has 0 unspecified atom stereocenters. The van der Waals surface area contributed by atoms with E-state index in [-0.39, 0.29) is 35.5 Å². The number of benzene rings is 2. The van der Waals surface area contributed by atoms with Crippen LogP contribution in [0.1, 0.15) is 18.4 Å². The zero-order valence-corrected chi connectivity index (χ0v) is 19.4. The van der Waals surface area contributed by atoms with Gasteiger partial charge in [0.25, 0.3) is 0 Å². The fraction of sp³-hybridized carbons (Fsp3) is 0.435. The zero-order valence-electron chi connectivity index (χ0n) is 17.8. The van der Waals surface area contributed by atoms with E-state index >= 15 is 0 Å². The van der Waals surface area contributed by atoms with Gasteiger partial charge < -0.3 is 9.80 Å². The van der Waals surface area contributed by atoms with Gasteiger partial charge in [0.1, 0.15) is 5.82 Å². The molecule has 2 aliphatic rings. The van der Waals surface area contributed by atoms with Crippen LogP contribution in [0.4, 0.5) is 10.1 Å². The molecule has 1 amide bonds. The van der Waals surface area contributed by atoms with Crippen molar-refractivity contribution in [1.82, 2.24) is 9.21 Å². The zero-order chi connectivity index (χ0) is 22.7. The van der Waals surface area contributed by atoms with E-state index in [0.717, 1.165) is 18.8 Å². The van der Waals surface area contributed by atoms with Gasteiger partial charge in [-0.1, -0.05) is 35.9 Å². The third kappa shape index (κ3) is 5.08. The van der Waals surface area contributed by atoms with Gasteiger partial charge in [0.05, 0.1) is 5.75 Å². The molecule has 9 heteroatoms. The van der Waals surface area contributed by atoms with Crippen molar-refractivity contribution in [2.24, 2.45) is 5.92 Å². The highest BCUT2D eigenvalue weighted by Gasteiger charge is 2.34. The number of piperazine rings is 1. The van der Waals surface area contributed by atoms with E-state index in [9.17, 15) is 17.6 Å². The van der Waals surface area contributed by atoms with Crippen LogP contribution < -0.4 is 4.90 Å². The summed E-state index contributed by atoms with van der Waals surface area (Å²) in [7, 11) is -3.72. The molecule has 0 spiro atoms. The van der Waals surface area contributed by atoms with E-state index in [4.69, 9.17) is 11.6 Å². The second kappa shape index (κ2) is 9.77. The summed E-state index contributed by atoms with van der Waals surface area (Å²) in [6.45, 7) is 3.42. The van der Waals surface area contributed by atoms with Crippen LogP contribution in [-0.2, 0) is 20.6 Å². The highest BCUT2D eigenvalue weighted by Crippen LogP contribution is 2.27. The van der Waals surface area contributed by atoms with Gasteiger partial charge in [-0.05, 0) is 37.1 Å². The summed E-state index contributed by atoms with van der Waals surface area (Å²) < 4.78 is 41.0. The monoisotopic (exact) mass is 479 g/mol. The fourth-order valence-corrected chi connectivity index (χ4v) is 6.32. The van der Waals surface area contributed by atoms with Gasteiger partial charge in [-0.15, -0.1) is 0 Å². The van der Waals surface area contributed by atoms with Crippen LogP contribution in [0.25, 0.3) is 0 Å². The SMILES string of the molecule is O=C(C1CCN(S(=O)(=O)Cc2c(F)cccc2Cl)CC1)N1CCN(c2ccccc2)CC1. The van der Waals surface area contributed by atoms with Crippen LogP contribution in [0.2, 0.25) is 5.02 Å². The molecule has 172 valence electrons. The van der Waals surface area contributed by atoms with Crippen molar-refractivity contribution in [3.05, 3.63) is 64.9 Å². The highest BCUT2D eigenvalue weighted by atomic mass is 35.5. The number of sulfonamides is 1. The topological polar surface area (TPSA) is 60.9 Å². The van der Waals surface area contributed by atoms with Gasteiger partial charge in [-0.25, -0.2) is 17.1 Å². The number of nitrogens with zero attached hydrogens (tertiary/aromatic N) is 3. The maximum absolute atomic E-state index is 14.0. The smallest absolute Gasteiger partial charge is 0.225 e. The van der Waals surface area contributed by atoms with E-state index in [1.807, 2.05) is 23.1 Å². The van der Waals surface area contributed by atoms with Crippen LogP contribution in [0.3, 0.4) is 0 Å². The van der Waals surface area contributed by atoms with Gasteiger partial charge >= 0.3 is 0 Å². The predicted octanol–water partition coefficient (Wildman–Crippen LogP) is 3.37. The van der Waals surface area contributed by atoms with E-state index in [0.29, 0.717) is 25.9 Å². The predicted molar refractivity (Wildman–Crippen MR) is 124 cm³/mol. The minimum Gasteiger partial charge on any atom is -0.368 e. The summed E-state index contributed by atoms with van der Waals surface area (Å²) in [5, 5.41) is 0.105. The first-order valence-corrected chi connectivity index (χ1v) is 12.8. The number of amides is 1. The lowest BCUT2D eigenvalue weighted by Gasteiger charge is -2.39. The summed E-state index contributed by atoms with van der Waals surface area (Å²) in [5.74, 6) is -1.17. The number of hydrogen-bond acceptors (Lipinski definition) is 4. The van der Waals surface area contributed by atoms with Gasteiger partial charge in [0, 0.05) is 61.5 Å². The molecule has 2 saturated heterocycles. The van der Waals surface area contributed by atoms with E-state index in [1.165, 1.54) is 22.5 Å². The quantitative estimate of drug-likeness (QED) is 0.659. The molecule has 6 nitrogen and oxygen atoms in total. The van der Waals surface area contributed by atoms with Gasteiger partial charge in [0.2, 0.25) is 15.9 Å². The molecule has 0 atom stereocenters. The summed E-state index contributed by atoms with van der Waals surface area (Å²) in [6, 6.07) is 14.3. The Morgan fingerprint density at radius 3 is 2.22 bits per heavy atom. The molecule has 4 rings (SSSR count). The molecule has 0 radical (unpaired) electrons. The Balaban J connectivity index is 1.30. The Kier molecular flexibility index (Phi) is 7.02. The first-order chi connectivity index (χ1) is 15.3. The largest absolute Gasteiger partial charge is 0.368 e. The molecule has 0 saturated carbocycles. The lowest BCUT2D eigenvalue weighted by molar-refractivity contribution is -0.137. The molecule has 2 heterocycles. The van der Waals surface area contributed by atoms with Gasteiger partial charge in [-0.2, -0.15) is 0 Å². The van der Waals surface area contributed by atoms with Crippen molar-refractivity contribution in [3.8, 4) is 0 Å². The molecule has 0 aliphatic carbocycles. The Morgan fingerprint density at radius 2 is 1.59 bits per heavy atom. The minimum atomic E-state index is -3.72. The Labute approximate surface area is 193 Å². The molecule has 2 aromatic carbocycles. The van der Waals surface area contributed by atoms with E-state index in [2.05, 4.69) is 17.0 Å². The molecule has 2 fully saturated rings. The van der Waals surface area contributed by atoms with Crippen LogP contribution in [0, 0.1) is 11.7 Å². The van der Waals surface area contributed by atoms with Gasteiger partial charge in [-0.3, -0.25) is 4.79 Å². The Morgan fingerprint density at radius 1 is 0.938 bits per heavy atom. The molecule has 32 heavy (non-hydrogen) atoms. The maximum Gasteiger partial charge on any atom is 0.225 e. The van der Waals surface area contributed by atoms with Gasteiger partial charge in [0.15, 0.2) is 0 Å². The lowest BCUT2D eigenvalue weighted by Crippen LogP contribution is -2.52. The average molecular weight is 480 g/mol. The summed E-state index contributed by atoms with van der Waals surface area (Å²) in [4.78, 5) is 17.2. The maximum atomic E-state index is 14.0. The van der Waals surface area contributed by atoms with Crippen molar-refractivity contribution in [1.29, 1.82) is 0 Å². The second-order valence-electron chi connectivity index (χ2n) is 8.28. The summed E-state index contributed by atoms with van der Waals surface area (Å²) in [6.07, 6.45) is 0.948. The standard InChI is InChI=1S/C23H27ClFN3O3S/c24-21-7-4-8-22(25)20(21)17-32(30,31)28-11-9-18(10-12-28)23(29)27-15-13-26(14-16-27)19-5-2-1-3-6-19/h1-8,18H,9-17H2. The summed E-state index contributed by atoms with van der Waals surface area (Å²) in [5.41, 5.74) is 1.15. The number of hydrogen-bond donors (Lipinski definition) is 0. The minimum absolute atomic E-state index is 0.0105. The third-order valence-corrected chi connectivity index (χ3v) is 8.46. The molecule has 0 bridgehead atoms. The van der Waals surface area contributed by atoms with Crippen molar-refractivity contribution >= 4 is 33.2 Å². The molecule has 2 aliphatic heterocycles. The number of carbonyl (C=O) groups is 1. The normalized spacial score (nSPS) is 18.7. The molecule has 2 aromatic rings. The van der Waals surface area contributed by atoms with E-state index in [1.54, 1.807) is 0 Å². The summed E-state index contributed by atoms with van der Waals surface area (Å²) >= 11 is 6.00. The molecular weight excluding hydrogens is 453 g/mol. The number of para-hydroxylation sites is 1. The van der Waals surface area contributed by atoms with Crippen molar-refractivity contribution in [2.45, 2.75) is 18.6 Å². The molecule has 0 aromatic heterocycles. The van der Waals surface area contributed by atoms with Crippen LogP contribution in [0.5, 0.6) is 0 Å². The molecular formula is C23H27ClFN3O3S. The van der Waals surface area contributed by atoms with Crippen LogP contribution in [0.15, 0.2) is 48.5 Å². The highest BCUT2D eigenvalue weighted by molar-refractivity contribution is 7.88. The molecule has 0 N–H and O–H groups in total. The van der Waals surface area contributed by atoms with Crippen molar-refractivity contribution < 1.29 is 17.6 Å². The van der Waals surface area contributed by atoms with Crippen LogP contribution >= 0.6 is 11.6 Å². The fourth-order valence-electron chi connectivity index (χ4n) is 4.41. The first-order valence-electron chi connectivity index (χ1n) is 10.8. The second-order valence-corrected chi connectivity index (χ2v) is 10.7. The number of carbonyl (C=O) groups excluding carboxylic acids is 1. The Bertz CT molecular complexity index is 1030. The third-order valence-electron chi connectivity index (χ3n) is 6.30. The lowest BCUT2D eigenvalue weighted by atomic mass is 9.96. The average Bonchev–Trinajstić information content (AvgIpc) is 2.82. The van der Waals surface area contributed by atoms with Crippen LogP contribution in [-0.4, -0.2) is 62.8 Å². The first kappa shape index (κ1) is 23.0. The number of piperidine rings is 1. The number of anilines is 1. The van der Waals surface area contributed by atoms with Crippen molar-refractivity contribution in [2.75, 3.05) is 44.2 Å².